The highest BCUT2D eigenvalue weighted by atomic mass is 16.1. The Bertz CT molecular complexity index is 289. The second kappa shape index (κ2) is 3.73. The van der Waals surface area contributed by atoms with Crippen LogP contribution in [-0.2, 0) is 11.2 Å². The van der Waals surface area contributed by atoms with Crippen molar-refractivity contribution in [1.29, 1.82) is 0 Å². The maximum Gasteiger partial charge on any atom is 0.133 e. The zero-order valence-electron chi connectivity index (χ0n) is 7.70. The second-order valence-corrected chi connectivity index (χ2v) is 3.84. The molecule has 1 aromatic rings. The van der Waals surface area contributed by atoms with Gasteiger partial charge >= 0.3 is 0 Å². The summed E-state index contributed by atoms with van der Waals surface area (Å²) in [6.07, 6.45) is 3.77. The SMILES string of the molecule is O=C1CC[C@H](Cc2ccccc2)C1. The fraction of sp³-hybridized carbons (Fsp3) is 0.417. The molecule has 1 saturated carbocycles. The number of rotatable bonds is 2. The Morgan fingerprint density at radius 2 is 2.00 bits per heavy atom. The molecule has 0 N–H and O–H groups in total. The number of Topliss-reactive ketones (excluding diaryl/α,β-unsaturated/α-hetero) is 1. The van der Waals surface area contributed by atoms with Crippen molar-refractivity contribution >= 4 is 5.78 Å². The second-order valence-electron chi connectivity index (χ2n) is 3.84. The van der Waals surface area contributed by atoms with E-state index in [9.17, 15) is 4.79 Å². The Kier molecular flexibility index (Phi) is 2.44. The molecule has 0 heterocycles. The summed E-state index contributed by atoms with van der Waals surface area (Å²) < 4.78 is 0. The third-order valence-electron chi connectivity index (χ3n) is 2.71. The summed E-state index contributed by atoms with van der Waals surface area (Å²) in [6.45, 7) is 0. The van der Waals surface area contributed by atoms with Crippen LogP contribution in [0.4, 0.5) is 0 Å². The highest BCUT2D eigenvalue weighted by Crippen LogP contribution is 2.25. The number of carbonyl (C=O) groups is 1. The fourth-order valence-corrected chi connectivity index (χ4v) is 2.01. The Hall–Kier alpha value is -1.11. The van der Waals surface area contributed by atoms with Gasteiger partial charge < -0.3 is 0 Å². The predicted molar refractivity (Wildman–Crippen MR) is 52.5 cm³/mol. The van der Waals surface area contributed by atoms with E-state index in [1.54, 1.807) is 0 Å². The molecule has 0 bridgehead atoms. The van der Waals surface area contributed by atoms with Crippen LogP contribution in [0.3, 0.4) is 0 Å². The van der Waals surface area contributed by atoms with Gasteiger partial charge in [-0.25, -0.2) is 0 Å². The molecule has 0 aliphatic heterocycles. The van der Waals surface area contributed by atoms with Gasteiger partial charge in [0, 0.05) is 12.8 Å². The molecule has 13 heavy (non-hydrogen) atoms. The predicted octanol–water partition coefficient (Wildman–Crippen LogP) is 2.60. The number of hydrogen-bond acceptors (Lipinski definition) is 1. The lowest BCUT2D eigenvalue weighted by Gasteiger charge is -2.06. The molecular formula is C12H14O. The number of carbonyl (C=O) groups excluding carboxylic acids is 1. The van der Waals surface area contributed by atoms with E-state index in [2.05, 4.69) is 24.3 Å². The van der Waals surface area contributed by atoms with Crippen LogP contribution in [0, 0.1) is 5.92 Å². The standard InChI is InChI=1S/C12H14O/c13-12-7-6-11(9-12)8-10-4-2-1-3-5-10/h1-5,11H,6-9H2/t11-/m1/s1. The van der Waals surface area contributed by atoms with Crippen molar-refractivity contribution in [2.24, 2.45) is 5.92 Å². The van der Waals surface area contributed by atoms with E-state index in [-0.39, 0.29) is 0 Å². The first-order valence-electron chi connectivity index (χ1n) is 4.90. The minimum atomic E-state index is 0.445. The lowest BCUT2D eigenvalue weighted by atomic mass is 9.98. The van der Waals surface area contributed by atoms with Gasteiger partial charge in [-0.2, -0.15) is 0 Å². The van der Waals surface area contributed by atoms with E-state index in [0.717, 1.165) is 25.7 Å². The number of hydrogen-bond donors (Lipinski definition) is 0. The lowest BCUT2D eigenvalue weighted by Crippen LogP contribution is -1.99. The van der Waals surface area contributed by atoms with Crippen LogP contribution in [-0.4, -0.2) is 5.78 Å². The summed E-state index contributed by atoms with van der Waals surface area (Å²) in [4.78, 5) is 11.0. The quantitative estimate of drug-likeness (QED) is 0.673. The molecule has 1 heteroatoms. The Labute approximate surface area is 78.8 Å². The zero-order valence-corrected chi connectivity index (χ0v) is 7.70. The van der Waals surface area contributed by atoms with E-state index in [0.29, 0.717) is 11.7 Å². The summed E-state index contributed by atoms with van der Waals surface area (Å²) in [7, 11) is 0. The van der Waals surface area contributed by atoms with Gasteiger partial charge in [-0.3, -0.25) is 4.79 Å². The average molecular weight is 174 g/mol. The van der Waals surface area contributed by atoms with E-state index in [1.807, 2.05) is 6.07 Å². The molecule has 0 amide bonds. The Morgan fingerprint density at radius 3 is 2.62 bits per heavy atom. The summed E-state index contributed by atoms with van der Waals surface area (Å²) in [5.41, 5.74) is 1.36. The molecule has 0 spiro atoms. The van der Waals surface area contributed by atoms with Crippen molar-refractivity contribution in [3.8, 4) is 0 Å². The van der Waals surface area contributed by atoms with Gasteiger partial charge in [-0.1, -0.05) is 30.3 Å². The van der Waals surface area contributed by atoms with Gasteiger partial charge in [0.05, 0.1) is 0 Å². The molecule has 1 aliphatic carbocycles. The first-order chi connectivity index (χ1) is 6.34. The molecule has 0 unspecified atom stereocenters. The molecule has 68 valence electrons. The van der Waals surface area contributed by atoms with E-state index < -0.39 is 0 Å². The normalized spacial score (nSPS) is 22.2. The van der Waals surface area contributed by atoms with Crippen LogP contribution in [0.15, 0.2) is 30.3 Å². The molecule has 0 radical (unpaired) electrons. The van der Waals surface area contributed by atoms with E-state index >= 15 is 0 Å². The molecule has 2 rings (SSSR count). The van der Waals surface area contributed by atoms with Crippen molar-refractivity contribution in [2.75, 3.05) is 0 Å². The summed E-state index contributed by atoms with van der Waals surface area (Å²) in [5, 5.41) is 0. The summed E-state index contributed by atoms with van der Waals surface area (Å²) >= 11 is 0. The van der Waals surface area contributed by atoms with Crippen LogP contribution in [0.2, 0.25) is 0 Å². The summed E-state index contributed by atoms with van der Waals surface area (Å²) in [6, 6.07) is 10.4. The fourth-order valence-electron chi connectivity index (χ4n) is 2.01. The topological polar surface area (TPSA) is 17.1 Å². The van der Waals surface area contributed by atoms with Crippen molar-refractivity contribution in [3.05, 3.63) is 35.9 Å². The minimum absolute atomic E-state index is 0.445. The Morgan fingerprint density at radius 1 is 1.23 bits per heavy atom. The van der Waals surface area contributed by atoms with Gasteiger partial charge in [-0.05, 0) is 24.3 Å². The molecule has 0 saturated heterocycles. The maximum atomic E-state index is 11.0. The molecule has 1 fully saturated rings. The van der Waals surface area contributed by atoms with E-state index in [1.165, 1.54) is 5.56 Å². The van der Waals surface area contributed by atoms with Crippen LogP contribution in [0.1, 0.15) is 24.8 Å². The van der Waals surface area contributed by atoms with Crippen molar-refractivity contribution in [1.82, 2.24) is 0 Å². The molecule has 1 aromatic carbocycles. The monoisotopic (exact) mass is 174 g/mol. The highest BCUT2D eigenvalue weighted by Gasteiger charge is 2.21. The molecule has 1 nitrogen and oxygen atoms in total. The van der Waals surface area contributed by atoms with Gasteiger partial charge in [0.2, 0.25) is 0 Å². The van der Waals surface area contributed by atoms with Crippen LogP contribution < -0.4 is 0 Å². The largest absolute Gasteiger partial charge is 0.300 e. The van der Waals surface area contributed by atoms with Crippen LogP contribution >= 0.6 is 0 Å². The molecule has 0 aromatic heterocycles. The van der Waals surface area contributed by atoms with Gasteiger partial charge in [-0.15, -0.1) is 0 Å². The lowest BCUT2D eigenvalue weighted by molar-refractivity contribution is -0.117. The minimum Gasteiger partial charge on any atom is -0.300 e. The van der Waals surface area contributed by atoms with Crippen molar-refractivity contribution in [3.63, 3.8) is 0 Å². The highest BCUT2D eigenvalue weighted by molar-refractivity contribution is 5.80. The van der Waals surface area contributed by atoms with E-state index in [4.69, 9.17) is 0 Å². The molecular weight excluding hydrogens is 160 g/mol. The molecule has 1 atom stereocenters. The zero-order chi connectivity index (χ0) is 9.10. The molecule has 1 aliphatic rings. The Balaban J connectivity index is 1.96. The van der Waals surface area contributed by atoms with Gasteiger partial charge in [0.15, 0.2) is 0 Å². The first-order valence-corrected chi connectivity index (χ1v) is 4.90. The average Bonchev–Trinajstić information content (AvgIpc) is 2.53. The van der Waals surface area contributed by atoms with Gasteiger partial charge in [0.25, 0.3) is 0 Å². The maximum absolute atomic E-state index is 11.0. The van der Waals surface area contributed by atoms with Crippen LogP contribution in [0.5, 0.6) is 0 Å². The summed E-state index contributed by atoms with van der Waals surface area (Å²) in [5.74, 6) is 1.05. The smallest absolute Gasteiger partial charge is 0.133 e. The third kappa shape index (κ3) is 2.18. The first kappa shape index (κ1) is 8.49. The third-order valence-corrected chi connectivity index (χ3v) is 2.71. The van der Waals surface area contributed by atoms with Crippen molar-refractivity contribution < 1.29 is 4.79 Å². The number of ketones is 1. The van der Waals surface area contributed by atoms with Crippen molar-refractivity contribution in [2.45, 2.75) is 25.7 Å². The number of benzene rings is 1. The van der Waals surface area contributed by atoms with Gasteiger partial charge in [0.1, 0.15) is 5.78 Å². The van der Waals surface area contributed by atoms with Crippen LogP contribution in [0.25, 0.3) is 0 Å².